The molecule has 7 heteroatoms. The maximum atomic E-state index is 11.5. The smallest absolute Gasteiger partial charge is 0.285 e. The van der Waals surface area contributed by atoms with Crippen LogP contribution in [0.25, 0.3) is 0 Å². The van der Waals surface area contributed by atoms with Crippen molar-refractivity contribution in [2.75, 3.05) is 24.6 Å². The highest BCUT2D eigenvalue weighted by Crippen LogP contribution is 2.28. The van der Waals surface area contributed by atoms with Crippen LogP contribution in [0.4, 0.5) is 5.69 Å². The predicted molar refractivity (Wildman–Crippen MR) is 69.5 cm³/mol. The Morgan fingerprint density at radius 1 is 1.53 bits per heavy atom. The standard InChI is InChI=1S/C12H12ClN3O3/c13-11-8(6-14-15-12(11)17)16-3-5-19-10(7-16)9-2-1-4-18-9/h1-2,4,6,10H,3,5,7H2,(H,15,17). The van der Waals surface area contributed by atoms with Gasteiger partial charge in [0.2, 0.25) is 0 Å². The fourth-order valence-electron chi connectivity index (χ4n) is 2.11. The van der Waals surface area contributed by atoms with Crippen LogP contribution in [0.5, 0.6) is 0 Å². The van der Waals surface area contributed by atoms with E-state index < -0.39 is 0 Å². The largest absolute Gasteiger partial charge is 0.467 e. The molecule has 1 unspecified atom stereocenters. The molecule has 0 aliphatic carbocycles. The Bertz CT molecular complexity index is 611. The number of aromatic amines is 1. The van der Waals surface area contributed by atoms with E-state index in [1.165, 1.54) is 0 Å². The third-order valence-electron chi connectivity index (χ3n) is 3.04. The number of rotatable bonds is 2. The third-order valence-corrected chi connectivity index (χ3v) is 3.41. The summed E-state index contributed by atoms with van der Waals surface area (Å²) in [5, 5.41) is 6.23. The van der Waals surface area contributed by atoms with Gasteiger partial charge in [0, 0.05) is 6.54 Å². The number of morpholine rings is 1. The molecule has 1 aliphatic rings. The van der Waals surface area contributed by atoms with Crippen molar-refractivity contribution in [3.63, 3.8) is 0 Å². The van der Waals surface area contributed by atoms with Crippen molar-refractivity contribution in [3.05, 3.63) is 45.7 Å². The normalized spacial score (nSPS) is 19.6. The molecule has 3 rings (SSSR count). The highest BCUT2D eigenvalue weighted by Gasteiger charge is 2.26. The van der Waals surface area contributed by atoms with Gasteiger partial charge < -0.3 is 14.1 Å². The quantitative estimate of drug-likeness (QED) is 0.905. The Balaban J connectivity index is 1.86. The molecule has 0 amide bonds. The first kappa shape index (κ1) is 12.3. The molecule has 1 aliphatic heterocycles. The monoisotopic (exact) mass is 281 g/mol. The lowest BCUT2D eigenvalue weighted by molar-refractivity contribution is 0.0257. The van der Waals surface area contributed by atoms with Crippen LogP contribution in [0.2, 0.25) is 5.02 Å². The van der Waals surface area contributed by atoms with E-state index in [4.69, 9.17) is 20.8 Å². The van der Waals surface area contributed by atoms with E-state index in [2.05, 4.69) is 10.2 Å². The van der Waals surface area contributed by atoms with Crippen LogP contribution in [0, 0.1) is 0 Å². The van der Waals surface area contributed by atoms with E-state index in [-0.39, 0.29) is 16.7 Å². The Morgan fingerprint density at radius 3 is 3.21 bits per heavy atom. The van der Waals surface area contributed by atoms with Crippen LogP contribution in [0.15, 0.2) is 33.8 Å². The van der Waals surface area contributed by atoms with Crippen LogP contribution >= 0.6 is 11.6 Å². The van der Waals surface area contributed by atoms with Crippen molar-refractivity contribution in [2.24, 2.45) is 0 Å². The zero-order chi connectivity index (χ0) is 13.2. The molecule has 2 aromatic heterocycles. The first-order chi connectivity index (χ1) is 9.25. The second-order valence-corrected chi connectivity index (χ2v) is 4.60. The lowest BCUT2D eigenvalue weighted by atomic mass is 10.2. The maximum Gasteiger partial charge on any atom is 0.285 e. The highest BCUT2D eigenvalue weighted by atomic mass is 35.5. The first-order valence-electron chi connectivity index (χ1n) is 5.89. The van der Waals surface area contributed by atoms with Crippen molar-refractivity contribution in [3.8, 4) is 0 Å². The average Bonchev–Trinajstić information content (AvgIpc) is 2.96. The molecule has 3 heterocycles. The summed E-state index contributed by atoms with van der Waals surface area (Å²) in [6, 6.07) is 3.69. The van der Waals surface area contributed by atoms with Gasteiger partial charge in [-0.3, -0.25) is 4.79 Å². The summed E-state index contributed by atoms with van der Waals surface area (Å²) >= 11 is 6.01. The minimum absolute atomic E-state index is 0.148. The minimum Gasteiger partial charge on any atom is -0.467 e. The maximum absolute atomic E-state index is 11.5. The van der Waals surface area contributed by atoms with Crippen LogP contribution in [0.1, 0.15) is 11.9 Å². The third kappa shape index (κ3) is 2.36. The van der Waals surface area contributed by atoms with Gasteiger partial charge in [-0.25, -0.2) is 5.10 Å². The van der Waals surface area contributed by atoms with Crippen molar-refractivity contribution in [2.45, 2.75) is 6.10 Å². The Kier molecular flexibility index (Phi) is 3.27. The fraction of sp³-hybridized carbons (Fsp3) is 0.333. The molecule has 1 fully saturated rings. The van der Waals surface area contributed by atoms with E-state index in [0.717, 1.165) is 5.76 Å². The highest BCUT2D eigenvalue weighted by molar-refractivity contribution is 6.32. The van der Waals surface area contributed by atoms with E-state index in [9.17, 15) is 4.79 Å². The SMILES string of the molecule is O=c1[nH]ncc(N2CCOC(c3ccco3)C2)c1Cl. The fourth-order valence-corrected chi connectivity index (χ4v) is 2.32. The van der Waals surface area contributed by atoms with Crippen molar-refractivity contribution < 1.29 is 9.15 Å². The Hall–Kier alpha value is -1.79. The number of anilines is 1. The summed E-state index contributed by atoms with van der Waals surface area (Å²) in [5.41, 5.74) is 0.227. The molecule has 1 N–H and O–H groups in total. The van der Waals surface area contributed by atoms with Crippen LogP contribution in [0.3, 0.4) is 0 Å². The van der Waals surface area contributed by atoms with Crippen molar-refractivity contribution in [1.82, 2.24) is 10.2 Å². The lowest BCUT2D eigenvalue weighted by Gasteiger charge is -2.33. The zero-order valence-electron chi connectivity index (χ0n) is 10.0. The number of furan rings is 1. The van der Waals surface area contributed by atoms with Crippen LogP contribution < -0.4 is 10.5 Å². The molecule has 2 aromatic rings. The van der Waals surface area contributed by atoms with Crippen LogP contribution in [-0.2, 0) is 4.74 Å². The molecule has 0 radical (unpaired) electrons. The van der Waals surface area contributed by atoms with E-state index >= 15 is 0 Å². The topological polar surface area (TPSA) is 71.4 Å². The number of hydrogen-bond donors (Lipinski definition) is 1. The second kappa shape index (κ2) is 5.07. The summed E-state index contributed by atoms with van der Waals surface area (Å²) in [5.74, 6) is 0.763. The molecule has 0 aromatic carbocycles. The zero-order valence-corrected chi connectivity index (χ0v) is 10.8. The number of aromatic nitrogens is 2. The van der Waals surface area contributed by atoms with Gasteiger partial charge in [0.25, 0.3) is 5.56 Å². The molecule has 19 heavy (non-hydrogen) atoms. The molecule has 1 saturated heterocycles. The predicted octanol–water partition coefficient (Wildman–Crippen LogP) is 1.59. The second-order valence-electron chi connectivity index (χ2n) is 4.22. The van der Waals surface area contributed by atoms with E-state index in [0.29, 0.717) is 25.4 Å². The van der Waals surface area contributed by atoms with E-state index in [1.807, 2.05) is 17.0 Å². The van der Waals surface area contributed by atoms with Gasteiger partial charge in [-0.2, -0.15) is 5.10 Å². The molecular formula is C12H12ClN3O3. The number of nitrogens with one attached hydrogen (secondary N) is 1. The Labute approximate surface area is 113 Å². The van der Waals surface area contributed by atoms with Gasteiger partial charge in [0.1, 0.15) is 16.9 Å². The summed E-state index contributed by atoms with van der Waals surface area (Å²) in [7, 11) is 0. The van der Waals surface area contributed by atoms with E-state index in [1.54, 1.807) is 12.5 Å². The van der Waals surface area contributed by atoms with Gasteiger partial charge in [0.15, 0.2) is 0 Å². The summed E-state index contributed by atoms with van der Waals surface area (Å²) in [6.07, 6.45) is 2.99. The molecule has 0 bridgehead atoms. The molecular weight excluding hydrogens is 270 g/mol. The number of hydrogen-bond acceptors (Lipinski definition) is 5. The molecule has 100 valence electrons. The van der Waals surface area contributed by atoms with Crippen molar-refractivity contribution >= 4 is 17.3 Å². The molecule has 0 saturated carbocycles. The number of ether oxygens (including phenoxy) is 1. The molecule has 6 nitrogen and oxygen atoms in total. The van der Waals surface area contributed by atoms with Crippen LogP contribution in [-0.4, -0.2) is 29.9 Å². The van der Waals surface area contributed by atoms with Gasteiger partial charge in [-0.15, -0.1) is 0 Å². The van der Waals surface area contributed by atoms with Gasteiger partial charge in [-0.05, 0) is 12.1 Å². The van der Waals surface area contributed by atoms with Gasteiger partial charge in [0.05, 0.1) is 31.3 Å². The number of nitrogens with zero attached hydrogens (tertiary/aromatic N) is 2. The lowest BCUT2D eigenvalue weighted by Crippen LogP contribution is -2.39. The molecule has 0 spiro atoms. The van der Waals surface area contributed by atoms with Gasteiger partial charge >= 0.3 is 0 Å². The number of halogens is 1. The first-order valence-corrected chi connectivity index (χ1v) is 6.26. The minimum atomic E-state index is -0.389. The molecule has 1 atom stereocenters. The number of H-pyrrole nitrogens is 1. The average molecular weight is 282 g/mol. The Morgan fingerprint density at radius 2 is 2.42 bits per heavy atom. The van der Waals surface area contributed by atoms with Crippen molar-refractivity contribution in [1.29, 1.82) is 0 Å². The van der Waals surface area contributed by atoms with Gasteiger partial charge in [-0.1, -0.05) is 11.6 Å². The summed E-state index contributed by atoms with van der Waals surface area (Å²) in [4.78, 5) is 13.4. The summed E-state index contributed by atoms with van der Waals surface area (Å²) < 4.78 is 11.0. The summed E-state index contributed by atoms with van der Waals surface area (Å²) in [6.45, 7) is 1.76.